The van der Waals surface area contributed by atoms with Crippen LogP contribution in [0.1, 0.15) is 59.3 Å². The van der Waals surface area contributed by atoms with Gasteiger partial charge in [0, 0.05) is 0 Å². The summed E-state index contributed by atoms with van der Waals surface area (Å²) in [5.74, 6) is 1.97. The fourth-order valence-corrected chi connectivity index (χ4v) is 2.56. The molecule has 1 fully saturated rings. The van der Waals surface area contributed by atoms with Gasteiger partial charge in [0.05, 0.1) is 0 Å². The normalized spacial score (nSPS) is 21.8. The highest BCUT2D eigenvalue weighted by Crippen LogP contribution is 2.25. The van der Waals surface area contributed by atoms with Crippen molar-refractivity contribution in [1.82, 2.24) is 4.90 Å². The van der Waals surface area contributed by atoms with Crippen molar-refractivity contribution in [2.45, 2.75) is 59.3 Å². The topological polar surface area (TPSA) is 3.24 Å². The molecule has 0 aromatic rings. The van der Waals surface area contributed by atoms with Crippen LogP contribution in [0, 0.1) is 11.8 Å². The Morgan fingerprint density at radius 2 is 1.87 bits per heavy atom. The van der Waals surface area contributed by atoms with E-state index < -0.39 is 0 Å². The van der Waals surface area contributed by atoms with Crippen molar-refractivity contribution in [2.75, 3.05) is 19.6 Å². The minimum Gasteiger partial charge on any atom is -0.303 e. The number of likely N-dealkylation sites (tertiary alicyclic amines) is 1. The highest BCUT2D eigenvalue weighted by atomic mass is 15.1. The molecule has 0 amide bonds. The summed E-state index contributed by atoms with van der Waals surface area (Å²) < 4.78 is 0. The standard InChI is InChI=1S/C14H29N/c1-4-6-9-15-10-7-14(8-11-15)12-13(3)5-2/h13-14H,4-12H2,1-3H3. The van der Waals surface area contributed by atoms with E-state index in [1.165, 1.54) is 58.2 Å². The summed E-state index contributed by atoms with van der Waals surface area (Å²) in [6, 6.07) is 0. The Morgan fingerprint density at radius 1 is 1.20 bits per heavy atom. The van der Waals surface area contributed by atoms with Crippen molar-refractivity contribution >= 4 is 0 Å². The Morgan fingerprint density at radius 3 is 2.40 bits per heavy atom. The lowest BCUT2D eigenvalue weighted by Crippen LogP contribution is -2.34. The average Bonchev–Trinajstić information content (AvgIpc) is 2.28. The lowest BCUT2D eigenvalue weighted by Gasteiger charge is -2.32. The van der Waals surface area contributed by atoms with Crippen LogP contribution in [0.25, 0.3) is 0 Å². The van der Waals surface area contributed by atoms with E-state index >= 15 is 0 Å². The summed E-state index contributed by atoms with van der Waals surface area (Å²) in [7, 11) is 0. The molecule has 0 aliphatic carbocycles. The molecule has 1 heteroatoms. The molecule has 0 aromatic heterocycles. The van der Waals surface area contributed by atoms with Crippen LogP contribution in [0.15, 0.2) is 0 Å². The van der Waals surface area contributed by atoms with Crippen LogP contribution >= 0.6 is 0 Å². The third-order valence-electron chi connectivity index (χ3n) is 3.97. The highest BCUT2D eigenvalue weighted by Gasteiger charge is 2.19. The van der Waals surface area contributed by atoms with Gasteiger partial charge in [-0.1, -0.05) is 33.6 Å². The summed E-state index contributed by atoms with van der Waals surface area (Å²) in [5, 5.41) is 0. The van der Waals surface area contributed by atoms with Crippen LogP contribution in [0.2, 0.25) is 0 Å². The summed E-state index contributed by atoms with van der Waals surface area (Å²) in [6.07, 6.45) is 8.46. The van der Waals surface area contributed by atoms with Gasteiger partial charge in [-0.25, -0.2) is 0 Å². The molecule has 90 valence electrons. The second-order valence-corrected chi connectivity index (χ2v) is 5.39. The van der Waals surface area contributed by atoms with Crippen molar-refractivity contribution in [3.8, 4) is 0 Å². The Hall–Kier alpha value is -0.0400. The first kappa shape index (κ1) is 13.0. The Labute approximate surface area is 96.2 Å². The van der Waals surface area contributed by atoms with Crippen LogP contribution in [-0.4, -0.2) is 24.5 Å². The van der Waals surface area contributed by atoms with Crippen molar-refractivity contribution in [3.63, 3.8) is 0 Å². The Kier molecular flexibility index (Phi) is 6.31. The molecule has 0 aromatic carbocycles. The van der Waals surface area contributed by atoms with Crippen LogP contribution in [0.4, 0.5) is 0 Å². The number of unbranched alkanes of at least 4 members (excludes halogenated alkanes) is 1. The molecule has 1 aliphatic heterocycles. The van der Waals surface area contributed by atoms with Gasteiger partial charge < -0.3 is 4.90 Å². The molecule has 15 heavy (non-hydrogen) atoms. The molecule has 1 atom stereocenters. The van der Waals surface area contributed by atoms with Crippen molar-refractivity contribution in [2.24, 2.45) is 11.8 Å². The zero-order valence-corrected chi connectivity index (χ0v) is 11.0. The molecule has 1 aliphatic rings. The highest BCUT2D eigenvalue weighted by molar-refractivity contribution is 4.73. The van der Waals surface area contributed by atoms with E-state index in [-0.39, 0.29) is 0 Å². The number of nitrogens with zero attached hydrogens (tertiary/aromatic N) is 1. The van der Waals surface area contributed by atoms with Gasteiger partial charge in [0.2, 0.25) is 0 Å². The monoisotopic (exact) mass is 211 g/mol. The van der Waals surface area contributed by atoms with Gasteiger partial charge in [-0.2, -0.15) is 0 Å². The molecule has 0 bridgehead atoms. The average molecular weight is 211 g/mol. The van der Waals surface area contributed by atoms with Crippen LogP contribution < -0.4 is 0 Å². The molecular weight excluding hydrogens is 182 g/mol. The third-order valence-corrected chi connectivity index (χ3v) is 3.97. The molecule has 1 heterocycles. The lowest BCUT2D eigenvalue weighted by molar-refractivity contribution is 0.166. The van der Waals surface area contributed by atoms with Gasteiger partial charge in [-0.05, 0) is 57.2 Å². The smallest absolute Gasteiger partial charge is 0.00161 e. The fourth-order valence-electron chi connectivity index (χ4n) is 2.56. The Bertz CT molecular complexity index is 147. The summed E-state index contributed by atoms with van der Waals surface area (Å²) in [5.41, 5.74) is 0. The van der Waals surface area contributed by atoms with Crippen molar-refractivity contribution in [1.29, 1.82) is 0 Å². The first-order valence-electron chi connectivity index (χ1n) is 6.98. The van der Waals surface area contributed by atoms with Gasteiger partial charge in [0.1, 0.15) is 0 Å². The molecule has 1 rings (SSSR count). The minimum absolute atomic E-state index is 0.942. The van der Waals surface area contributed by atoms with Gasteiger partial charge in [0.15, 0.2) is 0 Å². The fraction of sp³-hybridized carbons (Fsp3) is 1.00. The zero-order chi connectivity index (χ0) is 11.1. The van der Waals surface area contributed by atoms with E-state index in [9.17, 15) is 0 Å². The predicted octanol–water partition coefficient (Wildman–Crippen LogP) is 3.93. The third kappa shape index (κ3) is 5.01. The van der Waals surface area contributed by atoms with Gasteiger partial charge in [-0.15, -0.1) is 0 Å². The van der Waals surface area contributed by atoms with Crippen molar-refractivity contribution < 1.29 is 0 Å². The largest absolute Gasteiger partial charge is 0.303 e. The van der Waals surface area contributed by atoms with E-state index in [4.69, 9.17) is 0 Å². The van der Waals surface area contributed by atoms with E-state index in [1.807, 2.05) is 0 Å². The molecule has 1 unspecified atom stereocenters. The Balaban J connectivity index is 2.12. The first-order chi connectivity index (χ1) is 7.26. The van der Waals surface area contributed by atoms with Crippen LogP contribution in [0.3, 0.4) is 0 Å². The number of rotatable bonds is 6. The number of piperidine rings is 1. The molecule has 0 radical (unpaired) electrons. The van der Waals surface area contributed by atoms with Crippen molar-refractivity contribution in [3.05, 3.63) is 0 Å². The molecule has 0 N–H and O–H groups in total. The molecule has 1 saturated heterocycles. The molecular formula is C14H29N. The van der Waals surface area contributed by atoms with E-state index in [0.29, 0.717) is 0 Å². The molecule has 0 spiro atoms. The molecule has 0 saturated carbocycles. The minimum atomic E-state index is 0.942. The number of hydrogen-bond donors (Lipinski definition) is 0. The van der Waals surface area contributed by atoms with Crippen LogP contribution in [-0.2, 0) is 0 Å². The first-order valence-corrected chi connectivity index (χ1v) is 6.98. The maximum atomic E-state index is 2.66. The second kappa shape index (κ2) is 7.27. The summed E-state index contributed by atoms with van der Waals surface area (Å²) in [4.78, 5) is 2.66. The van der Waals surface area contributed by atoms with Crippen LogP contribution in [0.5, 0.6) is 0 Å². The maximum Gasteiger partial charge on any atom is -0.00161 e. The van der Waals surface area contributed by atoms with Gasteiger partial charge >= 0.3 is 0 Å². The maximum absolute atomic E-state index is 2.66. The predicted molar refractivity (Wildman–Crippen MR) is 68.1 cm³/mol. The summed E-state index contributed by atoms with van der Waals surface area (Å²) in [6.45, 7) is 11.1. The second-order valence-electron chi connectivity index (χ2n) is 5.39. The SMILES string of the molecule is CCCCN1CCC(CC(C)CC)CC1. The zero-order valence-electron chi connectivity index (χ0n) is 11.0. The lowest BCUT2D eigenvalue weighted by atomic mass is 9.87. The van der Waals surface area contributed by atoms with Gasteiger partial charge in [0.25, 0.3) is 0 Å². The van der Waals surface area contributed by atoms with E-state index in [2.05, 4.69) is 25.7 Å². The summed E-state index contributed by atoms with van der Waals surface area (Å²) >= 11 is 0. The quantitative estimate of drug-likeness (QED) is 0.643. The van der Waals surface area contributed by atoms with E-state index in [1.54, 1.807) is 0 Å². The van der Waals surface area contributed by atoms with Gasteiger partial charge in [-0.3, -0.25) is 0 Å². The molecule has 1 nitrogen and oxygen atoms in total. The van der Waals surface area contributed by atoms with E-state index in [0.717, 1.165) is 11.8 Å². The number of hydrogen-bond acceptors (Lipinski definition) is 1.